The van der Waals surface area contributed by atoms with Crippen molar-refractivity contribution in [2.75, 3.05) is 33.2 Å². The van der Waals surface area contributed by atoms with Crippen molar-refractivity contribution in [2.24, 2.45) is 0 Å². The highest BCUT2D eigenvalue weighted by Crippen LogP contribution is 2.57. The first-order valence-corrected chi connectivity index (χ1v) is 15.1. The molecule has 2 rings (SSSR count). The van der Waals surface area contributed by atoms with Crippen LogP contribution in [0.2, 0.25) is 0 Å². The summed E-state index contributed by atoms with van der Waals surface area (Å²) >= 11 is 0. The number of unbranched alkanes of at least 4 members (excludes halogenated alkanes) is 4. The van der Waals surface area contributed by atoms with Crippen molar-refractivity contribution in [2.45, 2.75) is 66.2 Å². The van der Waals surface area contributed by atoms with Gasteiger partial charge >= 0.3 is 0 Å². The molecule has 2 aromatic carbocycles. The van der Waals surface area contributed by atoms with Gasteiger partial charge in [0.25, 0.3) is 0 Å². The van der Waals surface area contributed by atoms with Gasteiger partial charge in [0.15, 0.2) is 0 Å². The molecule has 2 unspecified atom stereocenters. The highest BCUT2D eigenvalue weighted by atomic mass is 31.2. The van der Waals surface area contributed by atoms with Crippen molar-refractivity contribution in [1.29, 1.82) is 0 Å². The predicted molar refractivity (Wildman–Crippen MR) is 147 cm³/mol. The van der Waals surface area contributed by atoms with E-state index in [2.05, 4.69) is 109 Å². The van der Waals surface area contributed by atoms with Gasteiger partial charge in [-0.15, -0.1) is 0 Å². The summed E-state index contributed by atoms with van der Waals surface area (Å²) in [6.45, 7) is 13.8. The molecule has 0 spiro atoms. The summed E-state index contributed by atoms with van der Waals surface area (Å²) in [5.41, 5.74) is 0. The molecule has 2 atom stereocenters. The molecule has 0 aliphatic heterocycles. The van der Waals surface area contributed by atoms with Crippen LogP contribution in [-0.4, -0.2) is 47.0 Å². The normalized spacial score (nSPS) is 13.8. The lowest BCUT2D eigenvalue weighted by Gasteiger charge is -2.44. The van der Waals surface area contributed by atoms with E-state index in [1.807, 2.05) is 0 Å². The second kappa shape index (κ2) is 15.9. The third-order valence-electron chi connectivity index (χ3n) is 5.83. The van der Waals surface area contributed by atoms with Gasteiger partial charge in [0.1, 0.15) is 0 Å². The van der Waals surface area contributed by atoms with Crippen molar-refractivity contribution < 1.29 is 0 Å². The van der Waals surface area contributed by atoms with Crippen LogP contribution < -0.4 is 10.6 Å². The van der Waals surface area contributed by atoms with Crippen LogP contribution in [-0.2, 0) is 0 Å². The molecular formula is C27H45N3P2. The standard InChI is InChI=1S/C27H45N3P2/c1-6-10-18-24-29(8-3)31(26-20-14-12-15-21-26)28(5)32(27-22-16-13-17-23-27)30(9-4)25-19-11-7-2/h12-17,20-23H,6-11,18-19,24-25H2,1-5H3. The van der Waals surface area contributed by atoms with Crippen molar-refractivity contribution >= 4 is 27.1 Å². The average molecular weight is 474 g/mol. The van der Waals surface area contributed by atoms with E-state index in [-0.39, 0.29) is 0 Å². The SMILES string of the molecule is CCCCCN(CC)P(c1ccccc1)N(C)P(c1ccccc1)N(CC)CCCCC. The lowest BCUT2D eigenvalue weighted by Crippen LogP contribution is -2.36. The number of hydrogen-bond donors (Lipinski definition) is 0. The summed E-state index contributed by atoms with van der Waals surface area (Å²) in [5.74, 6) is 0. The van der Waals surface area contributed by atoms with Gasteiger partial charge in [-0.1, -0.05) is 114 Å². The number of hydrogen-bond acceptors (Lipinski definition) is 3. The maximum absolute atomic E-state index is 2.75. The molecule has 5 heteroatoms. The molecule has 0 saturated carbocycles. The summed E-state index contributed by atoms with van der Waals surface area (Å²) in [7, 11) is 1.27. The van der Waals surface area contributed by atoms with Crippen LogP contribution in [0, 0.1) is 0 Å². The van der Waals surface area contributed by atoms with Crippen molar-refractivity contribution in [1.82, 2.24) is 13.8 Å². The Labute approximate surface area is 200 Å². The first-order valence-electron chi connectivity index (χ1n) is 12.6. The summed E-state index contributed by atoms with van der Waals surface area (Å²) in [6, 6.07) is 22.5. The molecule has 32 heavy (non-hydrogen) atoms. The van der Waals surface area contributed by atoms with Crippen LogP contribution >= 0.6 is 16.4 Å². The fourth-order valence-electron chi connectivity index (χ4n) is 4.09. The molecule has 2 aromatic rings. The Morgan fingerprint density at radius 3 is 1.25 bits per heavy atom. The zero-order valence-electron chi connectivity index (χ0n) is 21.1. The maximum atomic E-state index is 2.75. The Bertz CT molecular complexity index is 652. The average Bonchev–Trinajstić information content (AvgIpc) is 2.84. The molecule has 0 radical (unpaired) electrons. The van der Waals surface area contributed by atoms with Gasteiger partial charge in [-0.2, -0.15) is 0 Å². The second-order valence-corrected chi connectivity index (χ2v) is 13.1. The highest BCUT2D eigenvalue weighted by molar-refractivity contribution is 7.75. The number of benzene rings is 2. The summed E-state index contributed by atoms with van der Waals surface area (Å²) < 4.78 is 8.25. The molecule has 0 amide bonds. The molecular weight excluding hydrogens is 428 g/mol. The van der Waals surface area contributed by atoms with Gasteiger partial charge in [0.2, 0.25) is 0 Å². The van der Waals surface area contributed by atoms with Gasteiger partial charge < -0.3 is 0 Å². The van der Waals surface area contributed by atoms with Crippen molar-refractivity contribution in [3.8, 4) is 0 Å². The summed E-state index contributed by atoms with van der Waals surface area (Å²) in [6.07, 6.45) is 7.72. The largest absolute Gasteiger partial charge is 0.266 e. The zero-order valence-corrected chi connectivity index (χ0v) is 22.9. The summed E-state index contributed by atoms with van der Waals surface area (Å²) in [5, 5.41) is 2.94. The first-order chi connectivity index (χ1) is 15.7. The Morgan fingerprint density at radius 2 is 0.938 bits per heavy atom. The zero-order chi connectivity index (χ0) is 23.2. The first kappa shape index (κ1) is 27.4. The van der Waals surface area contributed by atoms with Gasteiger partial charge in [-0.3, -0.25) is 9.34 Å². The number of rotatable bonds is 16. The van der Waals surface area contributed by atoms with Crippen LogP contribution in [0.25, 0.3) is 0 Å². The molecule has 0 saturated heterocycles. The lowest BCUT2D eigenvalue weighted by atomic mass is 10.2. The van der Waals surface area contributed by atoms with Crippen molar-refractivity contribution in [3.63, 3.8) is 0 Å². The topological polar surface area (TPSA) is 9.72 Å². The minimum atomic E-state index is -0.563. The van der Waals surface area contributed by atoms with E-state index < -0.39 is 16.4 Å². The molecule has 0 aliphatic carbocycles. The molecule has 0 bridgehead atoms. The predicted octanol–water partition coefficient (Wildman–Crippen LogP) is 7.22. The van der Waals surface area contributed by atoms with Crippen molar-refractivity contribution in [3.05, 3.63) is 60.7 Å². The van der Waals surface area contributed by atoms with Crippen LogP contribution in [0.15, 0.2) is 60.7 Å². The van der Waals surface area contributed by atoms with Gasteiger partial charge in [0, 0.05) is 36.8 Å². The third-order valence-corrected chi connectivity index (χ3v) is 11.5. The smallest absolute Gasteiger partial charge is 0.0771 e. The fraction of sp³-hybridized carbons (Fsp3) is 0.556. The molecule has 3 nitrogen and oxygen atoms in total. The van der Waals surface area contributed by atoms with Crippen LogP contribution in [0.1, 0.15) is 66.2 Å². The molecule has 178 valence electrons. The highest BCUT2D eigenvalue weighted by Gasteiger charge is 2.33. The van der Waals surface area contributed by atoms with Crippen LogP contribution in [0.5, 0.6) is 0 Å². The molecule has 0 aromatic heterocycles. The Balaban J connectivity index is 2.44. The minimum Gasteiger partial charge on any atom is -0.266 e. The molecule has 0 aliphatic rings. The maximum Gasteiger partial charge on any atom is 0.0771 e. The Hall–Kier alpha value is -0.820. The van der Waals surface area contributed by atoms with Crippen LogP contribution in [0.3, 0.4) is 0 Å². The molecule has 0 N–H and O–H groups in total. The van der Waals surface area contributed by atoms with Gasteiger partial charge in [-0.05, 0) is 19.9 Å². The second-order valence-electron chi connectivity index (χ2n) is 8.25. The minimum absolute atomic E-state index is 0.563. The molecule has 0 heterocycles. The van der Waals surface area contributed by atoms with Gasteiger partial charge in [-0.25, -0.2) is 4.44 Å². The lowest BCUT2D eigenvalue weighted by molar-refractivity contribution is 0.430. The molecule has 0 fully saturated rings. The summed E-state index contributed by atoms with van der Waals surface area (Å²) in [4.78, 5) is 0. The van der Waals surface area contributed by atoms with E-state index in [0.29, 0.717) is 0 Å². The van der Waals surface area contributed by atoms with E-state index in [1.165, 1.54) is 62.2 Å². The Morgan fingerprint density at radius 1 is 0.562 bits per heavy atom. The monoisotopic (exact) mass is 473 g/mol. The van der Waals surface area contributed by atoms with E-state index >= 15 is 0 Å². The quantitative estimate of drug-likeness (QED) is 0.188. The van der Waals surface area contributed by atoms with E-state index in [0.717, 1.165) is 13.1 Å². The Kier molecular flexibility index (Phi) is 13.6. The number of nitrogens with zero attached hydrogens (tertiary/aromatic N) is 3. The fourth-order valence-corrected chi connectivity index (χ4v) is 10.2. The third kappa shape index (κ3) is 8.19. The van der Waals surface area contributed by atoms with Gasteiger partial charge in [0.05, 0.1) is 16.4 Å². The van der Waals surface area contributed by atoms with E-state index in [1.54, 1.807) is 0 Å². The van der Waals surface area contributed by atoms with Crippen LogP contribution in [0.4, 0.5) is 0 Å². The van der Waals surface area contributed by atoms with E-state index in [9.17, 15) is 0 Å². The van der Waals surface area contributed by atoms with E-state index in [4.69, 9.17) is 0 Å².